The Morgan fingerprint density at radius 1 is 0.538 bits per heavy atom. The first-order chi connectivity index (χ1) is 17.4. The number of halogens is 3. The van der Waals surface area contributed by atoms with Crippen LogP contribution in [0, 0.1) is 24.4 Å². The Bertz CT molecular complexity index is 1100. The van der Waals surface area contributed by atoms with Crippen LogP contribution >= 0.6 is 0 Å². The van der Waals surface area contributed by atoms with Crippen LogP contribution in [0.4, 0.5) is 13.2 Å². The Morgan fingerprint density at radius 3 is 1.31 bits per heavy atom. The molecule has 0 atom stereocenters. The lowest BCUT2D eigenvalue weighted by atomic mass is 10.0. The molecule has 0 fully saturated rings. The van der Waals surface area contributed by atoms with Gasteiger partial charge in [0.25, 0.3) is 0 Å². The zero-order valence-corrected chi connectivity index (χ0v) is 23.7. The summed E-state index contributed by atoms with van der Waals surface area (Å²) >= 11 is 0. The van der Waals surface area contributed by atoms with Crippen molar-refractivity contribution in [1.82, 2.24) is 0 Å². The van der Waals surface area contributed by atoms with Gasteiger partial charge in [-0.3, -0.25) is 0 Å². The molecule has 0 spiro atoms. The fourth-order valence-electron chi connectivity index (χ4n) is 3.58. The van der Waals surface area contributed by atoms with E-state index >= 15 is 0 Å². The van der Waals surface area contributed by atoms with Crippen molar-refractivity contribution in [1.29, 1.82) is 0 Å². The Kier molecular flexibility index (Phi) is 17.7. The van der Waals surface area contributed by atoms with Gasteiger partial charge in [0.05, 0.1) is 21.3 Å². The predicted octanol–water partition coefficient (Wildman–Crippen LogP) is 10.5. The minimum Gasteiger partial charge on any atom is -0.496 e. The number of aryl methyl sites for hydroxylation is 1. The van der Waals surface area contributed by atoms with Gasteiger partial charge >= 0.3 is 0 Å². The molecule has 0 N–H and O–H groups in total. The summed E-state index contributed by atoms with van der Waals surface area (Å²) in [4.78, 5) is 0. The lowest BCUT2D eigenvalue weighted by Crippen LogP contribution is -1.98. The Hall–Kier alpha value is -3.15. The quantitative estimate of drug-likeness (QED) is 0.305. The van der Waals surface area contributed by atoms with E-state index in [1.165, 1.54) is 16.7 Å². The molecule has 0 bridgehead atoms. The van der Waals surface area contributed by atoms with Crippen LogP contribution < -0.4 is 14.2 Å². The molecular weight excluding hydrogens is 501 g/mol. The Labute approximate surface area is 235 Å². The molecule has 0 amide bonds. The molecule has 3 rings (SSSR count). The standard InChI is InChI=1S/C11H16O2.C11H16O.C9H9F3.2CH4/c1-8(2)9-5-6-10(12-3)11(7-9)13-4;1-8(2)10-5-6-11(12-4)9(3)7-10;1-5(2)9-7(11)3-6(10)4-8(9)12;;/h5-8H,1-4H3;5-8H,1-4H3;3-5H,1-2H3;2*1H4. The number of rotatable bonds is 6. The van der Waals surface area contributed by atoms with Crippen LogP contribution in [0.15, 0.2) is 48.5 Å². The first-order valence-electron chi connectivity index (χ1n) is 12.4. The molecule has 3 aromatic carbocycles. The predicted molar refractivity (Wildman–Crippen MR) is 159 cm³/mol. The molecule has 0 unspecified atom stereocenters. The molecule has 3 aromatic rings. The van der Waals surface area contributed by atoms with Crippen LogP contribution in [-0.4, -0.2) is 21.3 Å². The normalized spacial score (nSPS) is 9.95. The van der Waals surface area contributed by atoms with Crippen molar-refractivity contribution in [3.05, 3.63) is 88.2 Å². The van der Waals surface area contributed by atoms with E-state index in [1.54, 1.807) is 35.2 Å². The van der Waals surface area contributed by atoms with Crippen LogP contribution in [0.1, 0.15) is 96.4 Å². The Balaban J connectivity index is 0. The van der Waals surface area contributed by atoms with E-state index < -0.39 is 17.5 Å². The molecule has 0 aromatic heterocycles. The van der Waals surface area contributed by atoms with Gasteiger partial charge in [-0.15, -0.1) is 0 Å². The fraction of sp³-hybridized carbons (Fsp3) is 0.455. The summed E-state index contributed by atoms with van der Waals surface area (Å²) in [5.41, 5.74) is 3.78. The molecule has 0 saturated heterocycles. The van der Waals surface area contributed by atoms with Gasteiger partial charge in [0.2, 0.25) is 0 Å². The van der Waals surface area contributed by atoms with Crippen molar-refractivity contribution in [3.63, 3.8) is 0 Å². The average molecular weight is 551 g/mol. The van der Waals surface area contributed by atoms with Crippen molar-refractivity contribution < 1.29 is 27.4 Å². The van der Waals surface area contributed by atoms with Crippen LogP contribution in [0.25, 0.3) is 0 Å². The SMILES string of the molecule is C.C.CC(C)c1c(F)cc(F)cc1F.COc1ccc(C(C)C)cc1C.COc1ccc(C(C)C)cc1OC. The zero-order valence-electron chi connectivity index (χ0n) is 23.7. The summed E-state index contributed by atoms with van der Waals surface area (Å²) < 4.78 is 53.7. The van der Waals surface area contributed by atoms with Crippen molar-refractivity contribution in [3.8, 4) is 17.2 Å². The van der Waals surface area contributed by atoms with E-state index in [4.69, 9.17) is 14.2 Å². The summed E-state index contributed by atoms with van der Waals surface area (Å²) in [6.07, 6.45) is 0. The van der Waals surface area contributed by atoms with E-state index in [-0.39, 0.29) is 26.3 Å². The summed E-state index contributed by atoms with van der Waals surface area (Å²) in [5, 5.41) is 0. The van der Waals surface area contributed by atoms with Crippen LogP contribution in [0.2, 0.25) is 0 Å². The van der Waals surface area contributed by atoms with Crippen LogP contribution in [0.5, 0.6) is 17.2 Å². The lowest BCUT2D eigenvalue weighted by Gasteiger charge is -2.11. The molecule has 220 valence electrons. The maximum Gasteiger partial charge on any atom is 0.160 e. The largest absolute Gasteiger partial charge is 0.496 e. The monoisotopic (exact) mass is 550 g/mol. The molecule has 6 heteroatoms. The van der Waals surface area contributed by atoms with Gasteiger partial charge in [-0.2, -0.15) is 0 Å². The number of benzene rings is 3. The summed E-state index contributed by atoms with van der Waals surface area (Å²) in [5.74, 6) is 0.874. The number of hydrogen-bond donors (Lipinski definition) is 0. The third-order valence-corrected chi connectivity index (χ3v) is 5.78. The number of hydrogen-bond acceptors (Lipinski definition) is 3. The summed E-state index contributed by atoms with van der Waals surface area (Å²) in [7, 11) is 5.01. The highest BCUT2D eigenvalue weighted by Crippen LogP contribution is 2.30. The van der Waals surface area contributed by atoms with E-state index in [9.17, 15) is 13.2 Å². The van der Waals surface area contributed by atoms with Gasteiger partial charge in [-0.25, -0.2) is 13.2 Å². The van der Waals surface area contributed by atoms with Crippen molar-refractivity contribution in [2.24, 2.45) is 0 Å². The maximum atomic E-state index is 12.9. The molecule has 0 radical (unpaired) electrons. The molecule has 0 heterocycles. The van der Waals surface area contributed by atoms with Crippen molar-refractivity contribution >= 4 is 0 Å². The van der Waals surface area contributed by atoms with Gasteiger partial charge in [0.15, 0.2) is 11.5 Å². The van der Waals surface area contributed by atoms with E-state index in [0.717, 1.165) is 17.2 Å². The van der Waals surface area contributed by atoms with Crippen LogP contribution in [-0.2, 0) is 0 Å². The first-order valence-corrected chi connectivity index (χ1v) is 12.4. The molecule has 0 aliphatic rings. The second-order valence-electron chi connectivity index (χ2n) is 9.59. The van der Waals surface area contributed by atoms with E-state index in [1.807, 2.05) is 18.2 Å². The molecule has 39 heavy (non-hydrogen) atoms. The minimum absolute atomic E-state index is 0. The first kappa shape index (κ1) is 38.0. The fourth-order valence-corrected chi connectivity index (χ4v) is 3.58. The second-order valence-corrected chi connectivity index (χ2v) is 9.59. The van der Waals surface area contributed by atoms with E-state index in [0.29, 0.717) is 24.0 Å². The van der Waals surface area contributed by atoms with Gasteiger partial charge in [-0.05, 0) is 59.6 Å². The van der Waals surface area contributed by atoms with Gasteiger partial charge in [-0.1, -0.05) is 74.6 Å². The molecule has 0 aliphatic heterocycles. The smallest absolute Gasteiger partial charge is 0.160 e. The molecular formula is C33H49F3O3. The third-order valence-electron chi connectivity index (χ3n) is 5.78. The highest BCUT2D eigenvalue weighted by atomic mass is 19.1. The summed E-state index contributed by atoms with van der Waals surface area (Å²) in [6, 6.07) is 13.7. The molecule has 3 nitrogen and oxygen atoms in total. The number of ether oxygens (including phenoxy) is 3. The zero-order chi connectivity index (χ0) is 28.3. The van der Waals surface area contributed by atoms with Gasteiger partial charge in [0, 0.05) is 17.7 Å². The van der Waals surface area contributed by atoms with Crippen molar-refractivity contribution in [2.75, 3.05) is 21.3 Å². The van der Waals surface area contributed by atoms with Crippen molar-refractivity contribution in [2.45, 2.75) is 81.1 Å². The van der Waals surface area contributed by atoms with Gasteiger partial charge < -0.3 is 14.2 Å². The second kappa shape index (κ2) is 18.2. The minimum atomic E-state index is -0.880. The third kappa shape index (κ3) is 11.6. The van der Waals surface area contributed by atoms with Crippen LogP contribution in [0.3, 0.4) is 0 Å². The lowest BCUT2D eigenvalue weighted by molar-refractivity contribution is 0.354. The molecule has 0 aliphatic carbocycles. The summed E-state index contributed by atoms with van der Waals surface area (Å²) in [6.45, 7) is 14.1. The average Bonchev–Trinajstić information content (AvgIpc) is 2.83. The maximum absolute atomic E-state index is 12.9. The Morgan fingerprint density at radius 2 is 0.949 bits per heavy atom. The van der Waals surface area contributed by atoms with Gasteiger partial charge in [0.1, 0.15) is 23.2 Å². The topological polar surface area (TPSA) is 27.7 Å². The molecule has 0 saturated carbocycles. The number of methoxy groups -OCH3 is 3. The highest BCUT2D eigenvalue weighted by molar-refractivity contribution is 5.43. The van der Waals surface area contributed by atoms with E-state index in [2.05, 4.69) is 52.8 Å². The highest BCUT2D eigenvalue weighted by Gasteiger charge is 2.14.